The van der Waals surface area contributed by atoms with Gasteiger partial charge < -0.3 is 9.64 Å². The van der Waals surface area contributed by atoms with E-state index in [0.29, 0.717) is 5.92 Å². The molecule has 0 saturated carbocycles. The molecule has 86 valence electrons. The van der Waals surface area contributed by atoms with Crippen molar-refractivity contribution in [1.82, 2.24) is 4.90 Å². The fraction of sp³-hybridized carbons (Fsp3) is 0.462. The predicted molar refractivity (Wildman–Crippen MR) is 67.1 cm³/mol. The molecule has 0 unspecified atom stereocenters. The SMILES string of the molecule is COc1ccc2c(c1)[C@H](CCN(C)C)C=N2. The topological polar surface area (TPSA) is 24.8 Å². The minimum absolute atomic E-state index is 0.437. The Kier molecular flexibility index (Phi) is 3.25. The van der Waals surface area contributed by atoms with Gasteiger partial charge in [-0.05, 0) is 50.8 Å². The van der Waals surface area contributed by atoms with Crippen molar-refractivity contribution < 1.29 is 4.74 Å². The Balaban J connectivity index is 2.14. The molecule has 3 nitrogen and oxygen atoms in total. The monoisotopic (exact) mass is 218 g/mol. The number of nitrogens with zero attached hydrogens (tertiary/aromatic N) is 2. The Bertz CT molecular complexity index is 399. The third-order valence-electron chi connectivity index (χ3n) is 2.92. The first kappa shape index (κ1) is 11.1. The van der Waals surface area contributed by atoms with Gasteiger partial charge in [0, 0.05) is 12.1 Å². The van der Waals surface area contributed by atoms with Crippen LogP contribution in [-0.2, 0) is 0 Å². The van der Waals surface area contributed by atoms with Crippen LogP contribution in [0.1, 0.15) is 17.9 Å². The molecule has 16 heavy (non-hydrogen) atoms. The molecule has 1 aliphatic heterocycles. The molecule has 1 atom stereocenters. The Morgan fingerprint density at radius 1 is 1.38 bits per heavy atom. The van der Waals surface area contributed by atoms with Crippen LogP contribution in [0.5, 0.6) is 5.75 Å². The summed E-state index contributed by atoms with van der Waals surface area (Å²) in [5.74, 6) is 1.35. The first-order chi connectivity index (χ1) is 7.70. The van der Waals surface area contributed by atoms with E-state index in [1.165, 1.54) is 5.56 Å². The quantitative estimate of drug-likeness (QED) is 0.775. The molecule has 3 heteroatoms. The zero-order valence-electron chi connectivity index (χ0n) is 10.1. The highest BCUT2D eigenvalue weighted by Crippen LogP contribution is 2.36. The van der Waals surface area contributed by atoms with Gasteiger partial charge in [-0.25, -0.2) is 0 Å². The van der Waals surface area contributed by atoms with Crippen molar-refractivity contribution in [2.45, 2.75) is 12.3 Å². The van der Waals surface area contributed by atoms with E-state index in [-0.39, 0.29) is 0 Å². The summed E-state index contributed by atoms with van der Waals surface area (Å²) in [7, 11) is 5.89. The van der Waals surface area contributed by atoms with Crippen LogP contribution in [0.25, 0.3) is 0 Å². The summed E-state index contributed by atoms with van der Waals surface area (Å²) >= 11 is 0. The van der Waals surface area contributed by atoms with Crippen LogP contribution in [0, 0.1) is 0 Å². The van der Waals surface area contributed by atoms with E-state index in [1.807, 2.05) is 18.3 Å². The number of methoxy groups -OCH3 is 1. The van der Waals surface area contributed by atoms with Gasteiger partial charge in [0.2, 0.25) is 0 Å². The lowest BCUT2D eigenvalue weighted by Crippen LogP contribution is -2.15. The summed E-state index contributed by atoms with van der Waals surface area (Å²) in [6.45, 7) is 1.08. The highest BCUT2D eigenvalue weighted by Gasteiger charge is 2.19. The fourth-order valence-corrected chi connectivity index (χ4v) is 1.95. The Morgan fingerprint density at radius 3 is 2.88 bits per heavy atom. The molecule has 1 aromatic rings. The number of hydrogen-bond donors (Lipinski definition) is 0. The van der Waals surface area contributed by atoms with Crippen molar-refractivity contribution in [3.05, 3.63) is 23.8 Å². The predicted octanol–water partition coefficient (Wildman–Crippen LogP) is 2.45. The highest BCUT2D eigenvalue weighted by atomic mass is 16.5. The molecule has 1 heterocycles. The summed E-state index contributed by atoms with van der Waals surface area (Å²) in [5, 5.41) is 0. The molecule has 0 N–H and O–H groups in total. The smallest absolute Gasteiger partial charge is 0.119 e. The van der Waals surface area contributed by atoms with E-state index < -0.39 is 0 Å². The van der Waals surface area contributed by atoms with E-state index in [2.05, 4.69) is 30.1 Å². The van der Waals surface area contributed by atoms with Gasteiger partial charge in [0.15, 0.2) is 0 Å². The van der Waals surface area contributed by atoms with E-state index in [0.717, 1.165) is 24.4 Å². The molecule has 0 radical (unpaired) electrons. The highest BCUT2D eigenvalue weighted by molar-refractivity contribution is 5.81. The van der Waals surface area contributed by atoms with E-state index >= 15 is 0 Å². The zero-order chi connectivity index (χ0) is 11.5. The second-order valence-electron chi connectivity index (χ2n) is 4.40. The minimum Gasteiger partial charge on any atom is -0.497 e. The number of rotatable bonds is 4. The number of hydrogen-bond acceptors (Lipinski definition) is 3. The van der Waals surface area contributed by atoms with Crippen molar-refractivity contribution in [3.63, 3.8) is 0 Å². The van der Waals surface area contributed by atoms with Crippen LogP contribution < -0.4 is 4.74 Å². The maximum Gasteiger partial charge on any atom is 0.119 e. The maximum absolute atomic E-state index is 5.25. The number of ether oxygens (including phenoxy) is 1. The van der Waals surface area contributed by atoms with Crippen LogP contribution in [0.2, 0.25) is 0 Å². The molecule has 0 spiro atoms. The summed E-state index contributed by atoms with van der Waals surface area (Å²) in [6.07, 6.45) is 3.16. The average Bonchev–Trinajstić information content (AvgIpc) is 2.68. The largest absolute Gasteiger partial charge is 0.497 e. The van der Waals surface area contributed by atoms with Crippen molar-refractivity contribution in [2.24, 2.45) is 4.99 Å². The lowest BCUT2D eigenvalue weighted by Gasteiger charge is -2.14. The van der Waals surface area contributed by atoms with Crippen molar-refractivity contribution in [1.29, 1.82) is 0 Å². The zero-order valence-corrected chi connectivity index (χ0v) is 10.1. The molecule has 0 bridgehead atoms. The van der Waals surface area contributed by atoms with Crippen LogP contribution in [0.4, 0.5) is 5.69 Å². The Hall–Kier alpha value is -1.35. The fourth-order valence-electron chi connectivity index (χ4n) is 1.95. The lowest BCUT2D eigenvalue weighted by molar-refractivity contribution is 0.396. The molecule has 0 aliphatic carbocycles. The van der Waals surface area contributed by atoms with Gasteiger partial charge in [0.1, 0.15) is 5.75 Å². The third-order valence-corrected chi connectivity index (χ3v) is 2.92. The van der Waals surface area contributed by atoms with E-state index in [1.54, 1.807) is 7.11 Å². The van der Waals surface area contributed by atoms with E-state index in [4.69, 9.17) is 4.74 Å². The van der Waals surface area contributed by atoms with E-state index in [9.17, 15) is 0 Å². The number of aliphatic imine (C=N–C) groups is 1. The summed E-state index contributed by atoms with van der Waals surface area (Å²) in [4.78, 5) is 6.64. The molecule has 1 aliphatic rings. The van der Waals surface area contributed by atoms with Crippen LogP contribution in [0.3, 0.4) is 0 Å². The molecule has 0 saturated heterocycles. The molecular weight excluding hydrogens is 200 g/mol. The number of benzene rings is 1. The molecular formula is C13H18N2O. The van der Waals surface area contributed by atoms with Crippen LogP contribution >= 0.6 is 0 Å². The Labute approximate surface area is 96.7 Å². The van der Waals surface area contributed by atoms with Gasteiger partial charge in [-0.3, -0.25) is 4.99 Å². The lowest BCUT2D eigenvalue weighted by atomic mass is 9.97. The van der Waals surface area contributed by atoms with Crippen molar-refractivity contribution in [2.75, 3.05) is 27.7 Å². The third kappa shape index (κ3) is 2.25. The van der Waals surface area contributed by atoms with Crippen LogP contribution in [0.15, 0.2) is 23.2 Å². The van der Waals surface area contributed by atoms with Gasteiger partial charge in [-0.2, -0.15) is 0 Å². The van der Waals surface area contributed by atoms with Crippen molar-refractivity contribution >= 4 is 11.9 Å². The van der Waals surface area contributed by atoms with Crippen molar-refractivity contribution in [3.8, 4) is 5.75 Å². The first-order valence-corrected chi connectivity index (χ1v) is 5.57. The molecule has 0 fully saturated rings. The molecule has 0 amide bonds. The van der Waals surface area contributed by atoms with Crippen LogP contribution in [-0.4, -0.2) is 38.9 Å². The number of fused-ring (bicyclic) bond motifs is 1. The molecule has 1 aromatic carbocycles. The second-order valence-corrected chi connectivity index (χ2v) is 4.40. The normalized spacial score (nSPS) is 17.9. The summed E-state index contributed by atoms with van der Waals surface area (Å²) in [5.41, 5.74) is 2.38. The molecule has 2 rings (SSSR count). The Morgan fingerprint density at radius 2 is 2.19 bits per heavy atom. The van der Waals surface area contributed by atoms with Gasteiger partial charge in [0.25, 0.3) is 0 Å². The van der Waals surface area contributed by atoms with Gasteiger partial charge in [-0.1, -0.05) is 0 Å². The minimum atomic E-state index is 0.437. The maximum atomic E-state index is 5.25. The first-order valence-electron chi connectivity index (χ1n) is 5.57. The standard InChI is InChI=1S/C13H18N2O/c1-15(2)7-6-10-9-14-13-5-4-11(16-3)8-12(10)13/h4-5,8-10H,6-7H2,1-3H3/t10-/m1/s1. The van der Waals surface area contributed by atoms with Gasteiger partial charge in [0.05, 0.1) is 12.8 Å². The molecule has 0 aromatic heterocycles. The van der Waals surface area contributed by atoms with Gasteiger partial charge in [-0.15, -0.1) is 0 Å². The van der Waals surface area contributed by atoms with Gasteiger partial charge >= 0.3 is 0 Å². The average molecular weight is 218 g/mol. The summed E-state index contributed by atoms with van der Waals surface area (Å²) in [6, 6.07) is 6.09. The summed E-state index contributed by atoms with van der Waals surface area (Å²) < 4.78 is 5.25. The second kappa shape index (κ2) is 4.66.